The van der Waals surface area contributed by atoms with Crippen molar-refractivity contribution < 1.29 is 27.2 Å². The first kappa shape index (κ1) is 16.7. The van der Waals surface area contributed by atoms with Gasteiger partial charge in [-0.3, -0.25) is 4.18 Å². The van der Waals surface area contributed by atoms with Gasteiger partial charge in [0.25, 0.3) is 10.1 Å². The predicted octanol–water partition coefficient (Wildman–Crippen LogP) is 1.19. The number of hydrogen-bond donors (Lipinski definition) is 1. The monoisotopic (exact) mass is 304 g/mol. The summed E-state index contributed by atoms with van der Waals surface area (Å²) in [6.07, 6.45) is 1.19. The minimum Gasteiger partial charge on any atom is -0.497 e. The van der Waals surface area contributed by atoms with Crippen LogP contribution in [0.5, 0.6) is 11.5 Å². The van der Waals surface area contributed by atoms with Crippen LogP contribution in [0, 0.1) is 0 Å². The molecule has 6 nitrogen and oxygen atoms in total. The zero-order valence-corrected chi connectivity index (χ0v) is 12.6. The SMILES string of the molecule is COc1ccc(OCCC(C)(O)COS(C)(=O)=O)cc1. The number of rotatable bonds is 8. The smallest absolute Gasteiger partial charge is 0.264 e. The van der Waals surface area contributed by atoms with Gasteiger partial charge >= 0.3 is 0 Å². The molecule has 0 bridgehead atoms. The summed E-state index contributed by atoms with van der Waals surface area (Å²) < 4.78 is 36.8. The van der Waals surface area contributed by atoms with Gasteiger partial charge in [-0.15, -0.1) is 0 Å². The molecule has 0 spiro atoms. The van der Waals surface area contributed by atoms with Crippen LogP contribution in [0.3, 0.4) is 0 Å². The van der Waals surface area contributed by atoms with Gasteiger partial charge < -0.3 is 14.6 Å². The summed E-state index contributed by atoms with van der Waals surface area (Å²) in [5.74, 6) is 1.37. The highest BCUT2D eigenvalue weighted by atomic mass is 32.2. The van der Waals surface area contributed by atoms with Crippen molar-refractivity contribution in [3.63, 3.8) is 0 Å². The number of hydrogen-bond acceptors (Lipinski definition) is 6. The fourth-order valence-electron chi connectivity index (χ4n) is 1.37. The molecule has 0 saturated heterocycles. The lowest BCUT2D eigenvalue weighted by atomic mass is 10.1. The van der Waals surface area contributed by atoms with Gasteiger partial charge in [0.1, 0.15) is 11.5 Å². The molecule has 1 unspecified atom stereocenters. The molecule has 1 atom stereocenters. The molecule has 0 fully saturated rings. The van der Waals surface area contributed by atoms with Crippen molar-refractivity contribution in [3.8, 4) is 11.5 Å². The third kappa shape index (κ3) is 6.74. The molecule has 7 heteroatoms. The van der Waals surface area contributed by atoms with Crippen molar-refractivity contribution in [2.45, 2.75) is 18.9 Å². The highest BCUT2D eigenvalue weighted by Crippen LogP contribution is 2.18. The van der Waals surface area contributed by atoms with Gasteiger partial charge in [-0.25, -0.2) is 0 Å². The van der Waals surface area contributed by atoms with Crippen LogP contribution in [0.4, 0.5) is 0 Å². The Hall–Kier alpha value is -1.31. The molecule has 0 aliphatic rings. The molecule has 0 heterocycles. The summed E-state index contributed by atoms with van der Waals surface area (Å²) in [6.45, 7) is 1.44. The van der Waals surface area contributed by atoms with Crippen LogP contribution in [0.2, 0.25) is 0 Å². The van der Waals surface area contributed by atoms with Crippen molar-refractivity contribution in [2.24, 2.45) is 0 Å². The Morgan fingerprint density at radius 3 is 2.25 bits per heavy atom. The summed E-state index contributed by atoms with van der Waals surface area (Å²) in [7, 11) is -1.98. The second kappa shape index (κ2) is 6.92. The van der Waals surface area contributed by atoms with Crippen molar-refractivity contribution in [2.75, 3.05) is 26.6 Å². The van der Waals surface area contributed by atoms with E-state index in [4.69, 9.17) is 9.47 Å². The van der Waals surface area contributed by atoms with E-state index in [1.54, 1.807) is 31.4 Å². The van der Waals surface area contributed by atoms with Gasteiger partial charge in [0.15, 0.2) is 0 Å². The van der Waals surface area contributed by atoms with E-state index >= 15 is 0 Å². The minimum atomic E-state index is -3.56. The second-order valence-corrected chi connectivity index (χ2v) is 6.38. The molecule has 114 valence electrons. The lowest BCUT2D eigenvalue weighted by Crippen LogP contribution is -2.33. The maximum absolute atomic E-state index is 10.9. The van der Waals surface area contributed by atoms with Gasteiger partial charge in [-0.1, -0.05) is 0 Å². The maximum Gasteiger partial charge on any atom is 0.264 e. The second-order valence-electron chi connectivity index (χ2n) is 4.74. The minimum absolute atomic E-state index is 0.243. The summed E-state index contributed by atoms with van der Waals surface area (Å²) in [6, 6.07) is 7.03. The average molecular weight is 304 g/mol. The molecule has 0 aromatic heterocycles. The Morgan fingerprint density at radius 2 is 1.75 bits per heavy atom. The lowest BCUT2D eigenvalue weighted by Gasteiger charge is -2.22. The molecule has 0 amide bonds. The molecule has 1 aromatic rings. The Balaban J connectivity index is 2.38. The predicted molar refractivity (Wildman–Crippen MR) is 74.5 cm³/mol. The van der Waals surface area contributed by atoms with E-state index in [2.05, 4.69) is 4.18 Å². The van der Waals surface area contributed by atoms with E-state index in [0.29, 0.717) is 5.75 Å². The highest BCUT2D eigenvalue weighted by molar-refractivity contribution is 7.85. The summed E-state index contributed by atoms with van der Waals surface area (Å²) >= 11 is 0. The molecule has 20 heavy (non-hydrogen) atoms. The van der Waals surface area contributed by atoms with Crippen LogP contribution >= 0.6 is 0 Å². The first-order valence-electron chi connectivity index (χ1n) is 6.05. The first-order chi connectivity index (χ1) is 9.22. The molecule has 0 radical (unpaired) electrons. The van der Waals surface area contributed by atoms with Gasteiger partial charge in [-0.05, 0) is 31.2 Å². The molecule has 1 aromatic carbocycles. The Kier molecular flexibility index (Phi) is 5.79. The molecular weight excluding hydrogens is 284 g/mol. The number of methoxy groups -OCH3 is 1. The van der Waals surface area contributed by atoms with Crippen LogP contribution in [0.15, 0.2) is 24.3 Å². The summed E-state index contributed by atoms with van der Waals surface area (Å²) in [5.41, 5.74) is -1.27. The first-order valence-corrected chi connectivity index (χ1v) is 7.87. The van der Waals surface area contributed by atoms with E-state index in [1.165, 1.54) is 6.92 Å². The zero-order valence-electron chi connectivity index (χ0n) is 11.8. The van der Waals surface area contributed by atoms with Crippen molar-refractivity contribution in [3.05, 3.63) is 24.3 Å². The lowest BCUT2D eigenvalue weighted by molar-refractivity contribution is -0.00307. The van der Waals surface area contributed by atoms with E-state index < -0.39 is 15.7 Å². The molecular formula is C13H20O6S. The van der Waals surface area contributed by atoms with Gasteiger partial charge in [-0.2, -0.15) is 8.42 Å². The van der Waals surface area contributed by atoms with E-state index in [0.717, 1.165) is 12.0 Å². The largest absolute Gasteiger partial charge is 0.497 e. The maximum atomic E-state index is 10.9. The van der Waals surface area contributed by atoms with Gasteiger partial charge in [0, 0.05) is 6.42 Å². The van der Waals surface area contributed by atoms with Crippen LogP contribution in [0.1, 0.15) is 13.3 Å². The average Bonchev–Trinajstić information content (AvgIpc) is 2.37. The standard InChI is InChI=1S/C13H20O6S/c1-13(14,10-19-20(3,15)16)8-9-18-12-6-4-11(17-2)5-7-12/h4-7,14H,8-10H2,1-3H3. The number of benzene rings is 1. The van der Waals surface area contributed by atoms with Crippen LogP contribution < -0.4 is 9.47 Å². The van der Waals surface area contributed by atoms with Crippen molar-refractivity contribution in [1.82, 2.24) is 0 Å². The fourth-order valence-corrected chi connectivity index (χ4v) is 1.83. The molecule has 0 aliphatic carbocycles. The van der Waals surface area contributed by atoms with Crippen LogP contribution in [-0.2, 0) is 14.3 Å². The molecule has 1 N–H and O–H groups in total. The molecule has 1 rings (SSSR count). The van der Waals surface area contributed by atoms with E-state index in [-0.39, 0.29) is 19.6 Å². The Labute approximate surface area is 119 Å². The summed E-state index contributed by atoms with van der Waals surface area (Å²) in [5, 5.41) is 9.95. The highest BCUT2D eigenvalue weighted by Gasteiger charge is 2.23. The Morgan fingerprint density at radius 1 is 1.20 bits per heavy atom. The van der Waals surface area contributed by atoms with Crippen LogP contribution in [-0.4, -0.2) is 45.7 Å². The third-order valence-corrected chi connectivity index (χ3v) is 3.10. The molecule has 0 aliphatic heterocycles. The normalized spacial score (nSPS) is 14.6. The molecule has 0 saturated carbocycles. The topological polar surface area (TPSA) is 82.1 Å². The zero-order chi connectivity index (χ0) is 15.2. The third-order valence-electron chi connectivity index (χ3n) is 2.55. The fraction of sp³-hybridized carbons (Fsp3) is 0.538. The quantitative estimate of drug-likeness (QED) is 0.727. The summed E-state index contributed by atoms with van der Waals surface area (Å²) in [4.78, 5) is 0. The van der Waals surface area contributed by atoms with Crippen LogP contribution in [0.25, 0.3) is 0 Å². The van der Waals surface area contributed by atoms with Gasteiger partial charge in [0.05, 0.1) is 32.2 Å². The van der Waals surface area contributed by atoms with E-state index in [9.17, 15) is 13.5 Å². The number of aliphatic hydroxyl groups is 1. The Bertz CT molecular complexity index is 506. The van der Waals surface area contributed by atoms with Crippen molar-refractivity contribution in [1.29, 1.82) is 0 Å². The van der Waals surface area contributed by atoms with Gasteiger partial charge in [0.2, 0.25) is 0 Å². The van der Waals surface area contributed by atoms with E-state index in [1.807, 2.05) is 0 Å². The number of ether oxygens (including phenoxy) is 2. The van der Waals surface area contributed by atoms with Crippen molar-refractivity contribution >= 4 is 10.1 Å².